The second-order valence-corrected chi connectivity index (χ2v) is 3.46. The fourth-order valence-electron chi connectivity index (χ4n) is 1.29. The summed E-state index contributed by atoms with van der Waals surface area (Å²) >= 11 is 0. The van der Waals surface area contributed by atoms with E-state index in [0.717, 1.165) is 17.4 Å². The molecule has 1 aromatic carbocycles. The minimum absolute atomic E-state index is 0.128. The van der Waals surface area contributed by atoms with E-state index in [2.05, 4.69) is 4.74 Å². The average molecular weight is 222 g/mol. The Bertz CT molecular complexity index is 410. The Hall–Kier alpha value is -1.84. The van der Waals surface area contributed by atoms with Crippen molar-refractivity contribution in [1.82, 2.24) is 0 Å². The Labute approximate surface area is 94.2 Å². The zero-order valence-corrected chi connectivity index (χ0v) is 9.57. The number of carbonyl (C=O) groups excluding carboxylic acids is 2. The molecule has 0 radical (unpaired) electrons. The van der Waals surface area contributed by atoms with E-state index in [4.69, 9.17) is 4.74 Å². The van der Waals surface area contributed by atoms with Crippen LogP contribution in [0, 0.1) is 13.8 Å². The highest BCUT2D eigenvalue weighted by Gasteiger charge is 2.07. The van der Waals surface area contributed by atoms with E-state index < -0.39 is 5.97 Å². The summed E-state index contributed by atoms with van der Waals surface area (Å²) in [6.45, 7) is 3.50. The Balaban J connectivity index is 2.85. The molecule has 0 heterocycles. The highest BCUT2D eigenvalue weighted by molar-refractivity contribution is 5.78. The Morgan fingerprint density at radius 1 is 1.31 bits per heavy atom. The first-order valence-corrected chi connectivity index (χ1v) is 4.84. The van der Waals surface area contributed by atoms with Crippen molar-refractivity contribution in [3.05, 3.63) is 28.8 Å². The van der Waals surface area contributed by atoms with Crippen LogP contribution in [0.25, 0.3) is 0 Å². The lowest BCUT2D eigenvalue weighted by Gasteiger charge is -2.10. The molecule has 0 unspecified atom stereocenters. The van der Waals surface area contributed by atoms with E-state index in [1.54, 1.807) is 12.1 Å². The number of esters is 1. The summed E-state index contributed by atoms with van der Waals surface area (Å²) in [6, 6.07) is 3.47. The maximum Gasteiger partial charge on any atom is 0.343 e. The molecule has 86 valence electrons. The number of methoxy groups -OCH3 is 1. The van der Waals surface area contributed by atoms with Crippen LogP contribution in [0.5, 0.6) is 5.75 Å². The third kappa shape index (κ3) is 2.82. The zero-order valence-electron chi connectivity index (χ0n) is 9.57. The van der Waals surface area contributed by atoms with Crippen molar-refractivity contribution in [2.45, 2.75) is 13.8 Å². The van der Waals surface area contributed by atoms with Crippen LogP contribution in [0.3, 0.4) is 0 Å². The van der Waals surface area contributed by atoms with Crippen molar-refractivity contribution in [3.63, 3.8) is 0 Å². The maximum absolute atomic E-state index is 10.9. The lowest BCUT2D eigenvalue weighted by Crippen LogP contribution is -2.13. The van der Waals surface area contributed by atoms with Crippen LogP contribution in [0.1, 0.15) is 21.5 Å². The summed E-state index contributed by atoms with van der Waals surface area (Å²) in [5.74, 6) is 0.157. The van der Waals surface area contributed by atoms with Crippen molar-refractivity contribution in [2.24, 2.45) is 0 Å². The summed E-state index contributed by atoms with van der Waals surface area (Å²) in [5.41, 5.74) is 2.26. The second kappa shape index (κ2) is 5.30. The molecule has 0 atom stereocenters. The first-order valence-electron chi connectivity index (χ1n) is 4.84. The third-order valence-corrected chi connectivity index (χ3v) is 2.26. The van der Waals surface area contributed by atoms with E-state index in [-0.39, 0.29) is 6.61 Å². The van der Waals surface area contributed by atoms with Crippen molar-refractivity contribution in [2.75, 3.05) is 13.7 Å². The molecule has 1 rings (SSSR count). The van der Waals surface area contributed by atoms with Gasteiger partial charge in [-0.25, -0.2) is 4.79 Å². The Kier molecular flexibility index (Phi) is 4.05. The molecule has 4 heteroatoms. The third-order valence-electron chi connectivity index (χ3n) is 2.26. The lowest BCUT2D eigenvalue weighted by atomic mass is 10.1. The Morgan fingerprint density at radius 2 is 2.00 bits per heavy atom. The second-order valence-electron chi connectivity index (χ2n) is 3.46. The number of aryl methyl sites for hydroxylation is 2. The van der Waals surface area contributed by atoms with E-state index >= 15 is 0 Å². The summed E-state index contributed by atoms with van der Waals surface area (Å²) in [4.78, 5) is 21.6. The fourth-order valence-corrected chi connectivity index (χ4v) is 1.29. The average Bonchev–Trinajstić information content (AvgIpc) is 2.29. The highest BCUT2D eigenvalue weighted by Crippen LogP contribution is 2.21. The van der Waals surface area contributed by atoms with Crippen molar-refractivity contribution in [1.29, 1.82) is 0 Å². The number of carbonyl (C=O) groups is 2. The van der Waals surface area contributed by atoms with Gasteiger partial charge in [-0.3, -0.25) is 4.79 Å². The molecule has 0 aliphatic carbocycles. The summed E-state index contributed by atoms with van der Waals surface area (Å²) in [7, 11) is 1.30. The molecule has 0 aliphatic heterocycles. The minimum atomic E-state index is -0.434. The van der Waals surface area contributed by atoms with Crippen LogP contribution in [0.15, 0.2) is 12.1 Å². The number of hydrogen-bond acceptors (Lipinski definition) is 4. The molecule has 0 aromatic heterocycles. The van der Waals surface area contributed by atoms with Crippen LogP contribution in [-0.2, 0) is 9.53 Å². The van der Waals surface area contributed by atoms with Gasteiger partial charge in [0.15, 0.2) is 6.61 Å². The molecule has 0 N–H and O–H groups in total. The molecule has 16 heavy (non-hydrogen) atoms. The molecular weight excluding hydrogens is 208 g/mol. The van der Waals surface area contributed by atoms with E-state index in [1.807, 2.05) is 13.8 Å². The van der Waals surface area contributed by atoms with E-state index in [0.29, 0.717) is 11.3 Å². The Morgan fingerprint density at radius 3 is 2.56 bits per heavy atom. The lowest BCUT2D eigenvalue weighted by molar-refractivity contribution is -0.142. The summed E-state index contributed by atoms with van der Waals surface area (Å²) in [6.07, 6.45) is 0.798. The van der Waals surface area contributed by atoms with Crippen molar-refractivity contribution < 1.29 is 19.1 Å². The first kappa shape index (κ1) is 12.2. The van der Waals surface area contributed by atoms with Gasteiger partial charge in [0.25, 0.3) is 0 Å². The molecular formula is C12H14O4. The number of ether oxygens (including phenoxy) is 2. The van der Waals surface area contributed by atoms with Gasteiger partial charge < -0.3 is 9.47 Å². The van der Waals surface area contributed by atoms with Crippen molar-refractivity contribution >= 4 is 12.3 Å². The summed E-state index contributed by atoms with van der Waals surface area (Å²) < 4.78 is 9.75. The van der Waals surface area contributed by atoms with E-state index in [1.165, 1.54) is 7.11 Å². The van der Waals surface area contributed by atoms with Gasteiger partial charge in [0.2, 0.25) is 0 Å². The fraction of sp³-hybridized carbons (Fsp3) is 0.333. The van der Waals surface area contributed by atoms with Crippen molar-refractivity contribution in [3.8, 4) is 5.75 Å². The van der Waals surface area contributed by atoms with Gasteiger partial charge in [-0.2, -0.15) is 0 Å². The smallest absolute Gasteiger partial charge is 0.343 e. The predicted molar refractivity (Wildman–Crippen MR) is 58.8 cm³/mol. The summed E-state index contributed by atoms with van der Waals surface area (Å²) in [5, 5.41) is 0. The van der Waals surface area contributed by atoms with Gasteiger partial charge in [0.1, 0.15) is 12.0 Å². The number of hydrogen-bond donors (Lipinski definition) is 0. The van der Waals surface area contributed by atoms with Crippen LogP contribution in [0.4, 0.5) is 0 Å². The molecule has 0 amide bonds. The molecule has 0 bridgehead atoms. The van der Waals surface area contributed by atoms with Gasteiger partial charge in [-0.1, -0.05) is 0 Å². The van der Waals surface area contributed by atoms with Crippen LogP contribution in [0.2, 0.25) is 0 Å². The van der Waals surface area contributed by atoms with Crippen LogP contribution in [-0.4, -0.2) is 26.0 Å². The molecule has 4 nitrogen and oxygen atoms in total. The number of aldehydes is 1. The number of benzene rings is 1. The monoisotopic (exact) mass is 222 g/mol. The molecule has 1 aromatic rings. The number of rotatable bonds is 4. The SMILES string of the molecule is COC(=O)COc1cc(C)c(C=O)cc1C. The quantitative estimate of drug-likeness (QED) is 0.574. The normalized spacial score (nSPS) is 9.69. The molecule has 0 saturated heterocycles. The van der Waals surface area contributed by atoms with Gasteiger partial charge in [-0.05, 0) is 37.1 Å². The first-order chi connectivity index (χ1) is 7.58. The topological polar surface area (TPSA) is 52.6 Å². The standard InChI is InChI=1S/C12H14O4/c1-8-5-11(16-7-12(14)15-3)9(2)4-10(8)6-13/h4-6H,7H2,1-3H3. The maximum atomic E-state index is 10.9. The molecule has 0 spiro atoms. The van der Waals surface area contributed by atoms with Crippen LogP contribution >= 0.6 is 0 Å². The predicted octanol–water partition coefficient (Wildman–Crippen LogP) is 1.67. The molecule has 0 aliphatic rings. The largest absolute Gasteiger partial charge is 0.482 e. The zero-order chi connectivity index (χ0) is 12.1. The van der Waals surface area contributed by atoms with Gasteiger partial charge >= 0.3 is 5.97 Å². The molecule has 0 saturated carbocycles. The highest BCUT2D eigenvalue weighted by atomic mass is 16.6. The minimum Gasteiger partial charge on any atom is -0.482 e. The molecule has 0 fully saturated rings. The van der Waals surface area contributed by atoms with Gasteiger partial charge in [0, 0.05) is 5.56 Å². The van der Waals surface area contributed by atoms with Crippen LogP contribution < -0.4 is 4.74 Å². The van der Waals surface area contributed by atoms with E-state index in [9.17, 15) is 9.59 Å². The van der Waals surface area contributed by atoms with Gasteiger partial charge in [0.05, 0.1) is 7.11 Å². The van der Waals surface area contributed by atoms with Gasteiger partial charge in [-0.15, -0.1) is 0 Å².